The molecule has 0 aliphatic heterocycles. The van der Waals surface area contributed by atoms with Gasteiger partial charge < -0.3 is 9.84 Å². The first kappa shape index (κ1) is 13.2. The average Bonchev–Trinajstić information content (AvgIpc) is 2.37. The zero-order chi connectivity index (χ0) is 13.3. The second-order valence-corrected chi connectivity index (χ2v) is 5.39. The van der Waals surface area contributed by atoms with Gasteiger partial charge in [0.2, 0.25) is 0 Å². The zero-order valence-electron chi connectivity index (χ0n) is 11.5. The van der Waals surface area contributed by atoms with E-state index >= 15 is 0 Å². The van der Waals surface area contributed by atoms with Gasteiger partial charge in [0.05, 0.1) is 7.11 Å². The summed E-state index contributed by atoms with van der Waals surface area (Å²) < 4.78 is 5.47. The summed E-state index contributed by atoms with van der Waals surface area (Å²) in [6, 6.07) is 4.18. The van der Waals surface area contributed by atoms with Crippen LogP contribution in [0.3, 0.4) is 0 Å². The van der Waals surface area contributed by atoms with Crippen LogP contribution in [0.4, 0.5) is 0 Å². The van der Waals surface area contributed by atoms with E-state index in [4.69, 9.17) is 4.74 Å². The van der Waals surface area contributed by atoms with Gasteiger partial charge in [-0.1, -0.05) is 32.6 Å². The van der Waals surface area contributed by atoms with Crippen LogP contribution < -0.4 is 4.74 Å². The quantitative estimate of drug-likeness (QED) is 0.827. The number of aliphatic hydroxyl groups is 1. The van der Waals surface area contributed by atoms with Gasteiger partial charge in [0.25, 0.3) is 0 Å². The molecular formula is C16H22O2. The molecule has 0 aromatic heterocycles. The van der Waals surface area contributed by atoms with Crippen molar-refractivity contribution >= 4 is 0 Å². The first-order chi connectivity index (χ1) is 8.51. The number of methoxy groups -OCH3 is 1. The molecule has 0 unspecified atom stereocenters. The molecule has 1 aromatic rings. The fraction of sp³-hybridized carbons (Fsp3) is 0.500. The summed E-state index contributed by atoms with van der Waals surface area (Å²) in [5.41, 5.74) is 2.51. The van der Waals surface area contributed by atoms with Gasteiger partial charge in [0.15, 0.2) is 0 Å². The Morgan fingerprint density at radius 2 is 2.17 bits per heavy atom. The molecule has 0 spiro atoms. The molecule has 2 heteroatoms. The Labute approximate surface area is 109 Å². The lowest BCUT2D eigenvalue weighted by Crippen LogP contribution is -2.28. The molecule has 1 aromatic carbocycles. The lowest BCUT2D eigenvalue weighted by Gasteiger charge is -2.33. The lowest BCUT2D eigenvalue weighted by atomic mass is 9.77. The van der Waals surface area contributed by atoms with Gasteiger partial charge in [0, 0.05) is 0 Å². The summed E-state index contributed by atoms with van der Waals surface area (Å²) >= 11 is 0. The number of ether oxygens (including phenoxy) is 1. The van der Waals surface area contributed by atoms with Crippen molar-refractivity contribution in [2.75, 3.05) is 7.11 Å². The topological polar surface area (TPSA) is 29.5 Å². The average molecular weight is 246 g/mol. The van der Waals surface area contributed by atoms with Gasteiger partial charge in [0.1, 0.15) is 11.4 Å². The third kappa shape index (κ3) is 2.05. The highest BCUT2D eigenvalue weighted by molar-refractivity contribution is 5.48. The third-order valence-corrected chi connectivity index (χ3v) is 3.89. The van der Waals surface area contributed by atoms with Gasteiger partial charge in [-0.2, -0.15) is 0 Å². The van der Waals surface area contributed by atoms with Gasteiger partial charge in [-0.15, -0.1) is 0 Å². The summed E-state index contributed by atoms with van der Waals surface area (Å²) in [6.07, 6.45) is 4.42. The molecule has 2 rings (SSSR count). The molecule has 2 nitrogen and oxygen atoms in total. The second-order valence-electron chi connectivity index (χ2n) is 5.39. The number of benzene rings is 1. The summed E-state index contributed by atoms with van der Waals surface area (Å²) in [4.78, 5) is 0. The smallest absolute Gasteiger partial charge is 0.122 e. The molecule has 0 amide bonds. The maximum atomic E-state index is 10.6. The Kier molecular flexibility index (Phi) is 3.49. The van der Waals surface area contributed by atoms with Crippen LogP contribution in [-0.4, -0.2) is 12.2 Å². The van der Waals surface area contributed by atoms with Crippen LogP contribution in [0, 0.1) is 0 Å². The molecule has 0 saturated heterocycles. The van der Waals surface area contributed by atoms with E-state index in [9.17, 15) is 5.11 Å². The Hall–Kier alpha value is -1.28. The van der Waals surface area contributed by atoms with Crippen molar-refractivity contribution in [1.82, 2.24) is 0 Å². The maximum Gasteiger partial charge on any atom is 0.122 e. The van der Waals surface area contributed by atoms with Gasteiger partial charge in [-0.3, -0.25) is 0 Å². The highest BCUT2D eigenvalue weighted by atomic mass is 16.5. The number of hydrogen-bond acceptors (Lipinski definition) is 2. The van der Waals surface area contributed by atoms with Crippen molar-refractivity contribution in [2.24, 2.45) is 0 Å². The van der Waals surface area contributed by atoms with Crippen LogP contribution in [0.2, 0.25) is 0 Å². The molecule has 98 valence electrons. The monoisotopic (exact) mass is 246 g/mol. The van der Waals surface area contributed by atoms with Crippen molar-refractivity contribution in [3.8, 4) is 5.75 Å². The molecule has 0 bridgehead atoms. The lowest BCUT2D eigenvalue weighted by molar-refractivity contribution is 0.0700. The highest BCUT2D eigenvalue weighted by Gasteiger charge is 2.32. The van der Waals surface area contributed by atoms with Gasteiger partial charge in [-0.25, -0.2) is 0 Å². The first-order valence-corrected chi connectivity index (χ1v) is 6.59. The molecule has 1 aliphatic rings. The van der Waals surface area contributed by atoms with E-state index in [-0.39, 0.29) is 0 Å². The summed E-state index contributed by atoms with van der Waals surface area (Å²) in [6.45, 7) is 8.10. The molecule has 0 heterocycles. The molecule has 0 saturated carbocycles. The van der Waals surface area contributed by atoms with Crippen molar-refractivity contribution in [3.05, 3.63) is 41.5 Å². The van der Waals surface area contributed by atoms with E-state index in [1.165, 1.54) is 11.1 Å². The zero-order valence-corrected chi connectivity index (χ0v) is 11.5. The second kappa shape index (κ2) is 4.77. The number of fused-ring (bicyclic) bond motifs is 1. The van der Waals surface area contributed by atoms with E-state index in [0.29, 0.717) is 5.92 Å². The van der Waals surface area contributed by atoms with Crippen LogP contribution in [0.15, 0.2) is 24.8 Å². The molecular weight excluding hydrogens is 224 g/mol. The predicted octanol–water partition coefficient (Wildman–Crippen LogP) is 3.53. The minimum absolute atomic E-state index is 0.420. The van der Waals surface area contributed by atoms with Gasteiger partial charge >= 0.3 is 0 Å². The Morgan fingerprint density at radius 1 is 1.44 bits per heavy atom. The Morgan fingerprint density at radius 3 is 2.72 bits per heavy atom. The highest BCUT2D eigenvalue weighted by Crippen LogP contribution is 2.40. The number of hydrogen-bond donors (Lipinski definition) is 1. The van der Waals surface area contributed by atoms with Crippen molar-refractivity contribution in [2.45, 2.75) is 44.6 Å². The summed E-state index contributed by atoms with van der Waals surface area (Å²) in [5.74, 6) is 1.29. The normalized spacial score (nSPS) is 22.7. The SMILES string of the molecule is C=C[C@]1(O)CCCc2cc(C(C)C)c(OC)cc21. The molecule has 1 atom stereocenters. The Balaban J connectivity index is 2.60. The first-order valence-electron chi connectivity index (χ1n) is 6.59. The summed E-state index contributed by atoms with van der Waals surface area (Å²) in [7, 11) is 1.68. The molecule has 0 radical (unpaired) electrons. The minimum Gasteiger partial charge on any atom is -0.496 e. The van der Waals surface area contributed by atoms with Crippen LogP contribution in [-0.2, 0) is 12.0 Å². The van der Waals surface area contributed by atoms with Crippen LogP contribution in [0.25, 0.3) is 0 Å². The largest absolute Gasteiger partial charge is 0.496 e. The fourth-order valence-electron chi connectivity index (χ4n) is 2.78. The Bertz CT molecular complexity index is 462. The van der Waals surface area contributed by atoms with E-state index in [1.807, 2.05) is 6.07 Å². The standard InChI is InChI=1S/C16H22O2/c1-5-16(17)8-6-7-12-9-13(11(2)3)15(18-4)10-14(12)16/h5,9-11,17H,1,6-8H2,2-4H3/t16-/m0/s1. The van der Waals surface area contributed by atoms with Crippen LogP contribution in [0.1, 0.15) is 49.3 Å². The molecule has 0 fully saturated rings. The third-order valence-electron chi connectivity index (χ3n) is 3.89. The van der Waals surface area contributed by atoms with E-state index in [2.05, 4.69) is 26.5 Å². The maximum absolute atomic E-state index is 10.6. The van der Waals surface area contributed by atoms with E-state index in [1.54, 1.807) is 13.2 Å². The summed E-state index contributed by atoms with van der Waals surface area (Å²) in [5, 5.41) is 10.6. The minimum atomic E-state index is -0.892. The molecule has 18 heavy (non-hydrogen) atoms. The van der Waals surface area contributed by atoms with Gasteiger partial charge in [-0.05, 0) is 47.9 Å². The number of rotatable bonds is 3. The molecule has 1 N–H and O–H groups in total. The molecule has 1 aliphatic carbocycles. The van der Waals surface area contributed by atoms with Crippen LogP contribution in [0.5, 0.6) is 5.75 Å². The van der Waals surface area contributed by atoms with Crippen molar-refractivity contribution in [1.29, 1.82) is 0 Å². The van der Waals surface area contributed by atoms with E-state index < -0.39 is 5.60 Å². The van der Waals surface area contributed by atoms with Crippen molar-refractivity contribution in [3.63, 3.8) is 0 Å². The predicted molar refractivity (Wildman–Crippen MR) is 74.1 cm³/mol. The number of aryl methyl sites for hydroxylation is 1. The fourth-order valence-corrected chi connectivity index (χ4v) is 2.78. The van der Waals surface area contributed by atoms with E-state index in [0.717, 1.165) is 30.6 Å². The van der Waals surface area contributed by atoms with Crippen molar-refractivity contribution < 1.29 is 9.84 Å². The van der Waals surface area contributed by atoms with Crippen LogP contribution >= 0.6 is 0 Å².